The topological polar surface area (TPSA) is 82.7 Å². The zero-order valence-electron chi connectivity index (χ0n) is 13.8. The van der Waals surface area contributed by atoms with E-state index in [1.807, 2.05) is 19.1 Å². The SMILES string of the molecule is CCN(Cc1ccncc1)C(=O)c1coc(CN2CC[C@H](O)C2)n1. The number of oxazole rings is 1. The van der Waals surface area contributed by atoms with Gasteiger partial charge in [-0.1, -0.05) is 0 Å². The number of β-amino-alcohol motifs (C(OH)–C–C–N with tert-alkyl or cyclic N) is 1. The summed E-state index contributed by atoms with van der Waals surface area (Å²) in [6, 6.07) is 3.78. The van der Waals surface area contributed by atoms with Crippen molar-refractivity contribution in [2.45, 2.75) is 32.5 Å². The maximum absolute atomic E-state index is 12.6. The molecule has 0 unspecified atom stereocenters. The summed E-state index contributed by atoms with van der Waals surface area (Å²) in [6.45, 7) is 4.98. The first-order valence-corrected chi connectivity index (χ1v) is 8.18. The number of rotatable bonds is 6. The Morgan fingerprint density at radius 1 is 1.46 bits per heavy atom. The van der Waals surface area contributed by atoms with Crippen LogP contribution in [0.15, 0.2) is 35.2 Å². The van der Waals surface area contributed by atoms with E-state index >= 15 is 0 Å². The molecule has 1 amide bonds. The van der Waals surface area contributed by atoms with E-state index in [1.54, 1.807) is 17.3 Å². The first kappa shape index (κ1) is 16.6. The first-order chi connectivity index (χ1) is 11.7. The Morgan fingerprint density at radius 3 is 2.92 bits per heavy atom. The van der Waals surface area contributed by atoms with E-state index in [9.17, 15) is 9.90 Å². The first-order valence-electron chi connectivity index (χ1n) is 8.18. The van der Waals surface area contributed by atoms with E-state index in [2.05, 4.69) is 14.9 Å². The van der Waals surface area contributed by atoms with Crippen LogP contribution in [0.3, 0.4) is 0 Å². The van der Waals surface area contributed by atoms with Crippen LogP contribution in [-0.4, -0.2) is 56.5 Å². The Morgan fingerprint density at radius 2 is 2.25 bits per heavy atom. The van der Waals surface area contributed by atoms with Gasteiger partial charge in [-0.15, -0.1) is 0 Å². The van der Waals surface area contributed by atoms with Crippen molar-refractivity contribution < 1.29 is 14.3 Å². The summed E-state index contributed by atoms with van der Waals surface area (Å²) >= 11 is 0. The molecule has 3 rings (SSSR count). The number of aromatic nitrogens is 2. The smallest absolute Gasteiger partial charge is 0.276 e. The fourth-order valence-electron chi connectivity index (χ4n) is 2.83. The van der Waals surface area contributed by atoms with Gasteiger partial charge in [-0.2, -0.15) is 0 Å². The predicted molar refractivity (Wildman–Crippen MR) is 87.1 cm³/mol. The average molecular weight is 330 g/mol. The monoisotopic (exact) mass is 330 g/mol. The highest BCUT2D eigenvalue weighted by atomic mass is 16.3. The molecule has 1 aliphatic heterocycles. The number of likely N-dealkylation sites (tertiary alicyclic amines) is 1. The molecule has 0 bridgehead atoms. The summed E-state index contributed by atoms with van der Waals surface area (Å²) in [7, 11) is 0. The number of nitrogens with zero attached hydrogens (tertiary/aromatic N) is 4. The van der Waals surface area contributed by atoms with Crippen LogP contribution < -0.4 is 0 Å². The zero-order chi connectivity index (χ0) is 16.9. The largest absolute Gasteiger partial charge is 0.447 e. The lowest BCUT2D eigenvalue weighted by Gasteiger charge is -2.19. The molecule has 0 aromatic carbocycles. The van der Waals surface area contributed by atoms with Gasteiger partial charge in [-0.3, -0.25) is 14.7 Å². The quantitative estimate of drug-likeness (QED) is 0.859. The van der Waals surface area contributed by atoms with Crippen LogP contribution in [0, 0.1) is 0 Å². The summed E-state index contributed by atoms with van der Waals surface area (Å²) in [5.41, 5.74) is 1.34. The normalized spacial score (nSPS) is 18.0. The van der Waals surface area contributed by atoms with Gasteiger partial charge in [0.15, 0.2) is 5.69 Å². The second-order valence-corrected chi connectivity index (χ2v) is 5.98. The van der Waals surface area contributed by atoms with Crippen molar-refractivity contribution >= 4 is 5.91 Å². The van der Waals surface area contributed by atoms with Gasteiger partial charge in [0.25, 0.3) is 5.91 Å². The van der Waals surface area contributed by atoms with Gasteiger partial charge in [0.2, 0.25) is 5.89 Å². The Hall–Kier alpha value is -2.25. The molecule has 2 aromatic rings. The average Bonchev–Trinajstić information content (AvgIpc) is 3.22. The maximum atomic E-state index is 12.6. The minimum Gasteiger partial charge on any atom is -0.447 e. The molecule has 24 heavy (non-hydrogen) atoms. The van der Waals surface area contributed by atoms with E-state index in [0.29, 0.717) is 37.8 Å². The summed E-state index contributed by atoms with van der Waals surface area (Å²) in [5.74, 6) is 0.359. The van der Waals surface area contributed by atoms with Crippen LogP contribution in [0.25, 0.3) is 0 Å². The molecule has 7 nitrogen and oxygen atoms in total. The van der Waals surface area contributed by atoms with Crippen molar-refractivity contribution in [3.05, 3.63) is 47.9 Å². The molecule has 1 atom stereocenters. The van der Waals surface area contributed by atoms with Gasteiger partial charge in [-0.05, 0) is 31.0 Å². The molecule has 2 aromatic heterocycles. The predicted octanol–water partition coefficient (Wildman–Crippen LogP) is 1.30. The second-order valence-electron chi connectivity index (χ2n) is 5.98. The Labute approximate surface area is 140 Å². The maximum Gasteiger partial charge on any atom is 0.276 e. The van der Waals surface area contributed by atoms with Crippen LogP contribution in [0.4, 0.5) is 0 Å². The van der Waals surface area contributed by atoms with Crippen LogP contribution in [0.5, 0.6) is 0 Å². The number of carbonyl (C=O) groups is 1. The molecule has 1 aliphatic rings. The summed E-state index contributed by atoms with van der Waals surface area (Å²) in [4.78, 5) is 24.7. The molecular weight excluding hydrogens is 308 g/mol. The molecule has 1 saturated heterocycles. The highest BCUT2D eigenvalue weighted by Gasteiger charge is 2.23. The molecule has 0 spiro atoms. The van der Waals surface area contributed by atoms with Gasteiger partial charge in [0.1, 0.15) is 6.26 Å². The van der Waals surface area contributed by atoms with Gasteiger partial charge in [0.05, 0.1) is 12.6 Å². The van der Waals surface area contributed by atoms with Crippen LogP contribution in [-0.2, 0) is 13.1 Å². The number of hydrogen-bond donors (Lipinski definition) is 1. The highest BCUT2D eigenvalue weighted by molar-refractivity contribution is 5.91. The molecule has 0 saturated carbocycles. The van der Waals surface area contributed by atoms with Crippen molar-refractivity contribution in [3.63, 3.8) is 0 Å². The van der Waals surface area contributed by atoms with E-state index in [-0.39, 0.29) is 12.0 Å². The number of aliphatic hydroxyl groups excluding tert-OH is 1. The molecule has 0 aliphatic carbocycles. The van der Waals surface area contributed by atoms with Crippen LogP contribution in [0.2, 0.25) is 0 Å². The molecule has 0 radical (unpaired) electrons. The van der Waals surface area contributed by atoms with Crippen molar-refractivity contribution in [3.8, 4) is 0 Å². The fourth-order valence-corrected chi connectivity index (χ4v) is 2.83. The van der Waals surface area contributed by atoms with Crippen LogP contribution in [0.1, 0.15) is 35.3 Å². The van der Waals surface area contributed by atoms with Gasteiger partial charge in [-0.25, -0.2) is 4.98 Å². The number of carbonyl (C=O) groups excluding carboxylic acids is 1. The number of pyridine rings is 1. The highest BCUT2D eigenvalue weighted by Crippen LogP contribution is 2.15. The van der Waals surface area contributed by atoms with E-state index in [0.717, 1.165) is 18.5 Å². The van der Waals surface area contributed by atoms with Crippen molar-refractivity contribution in [2.75, 3.05) is 19.6 Å². The summed E-state index contributed by atoms with van der Waals surface area (Å²) in [6.07, 6.45) is 5.33. The fraction of sp³-hybridized carbons (Fsp3) is 0.471. The van der Waals surface area contributed by atoms with Crippen molar-refractivity contribution in [1.29, 1.82) is 0 Å². The standard InChI is InChI=1S/C17H22N4O3/c1-2-21(9-13-3-6-18-7-4-13)17(23)15-12-24-16(19-15)11-20-8-5-14(22)10-20/h3-4,6-7,12,14,22H,2,5,8-11H2,1H3/t14-/m0/s1. The van der Waals surface area contributed by atoms with Crippen LogP contribution >= 0.6 is 0 Å². The van der Waals surface area contributed by atoms with Crippen molar-refractivity contribution in [1.82, 2.24) is 19.8 Å². The molecule has 1 N–H and O–H groups in total. The Kier molecular flexibility index (Phi) is 5.22. The second kappa shape index (κ2) is 7.55. The minimum atomic E-state index is -0.281. The Bertz CT molecular complexity index is 673. The zero-order valence-corrected chi connectivity index (χ0v) is 13.8. The third-order valence-corrected chi connectivity index (χ3v) is 4.17. The lowest BCUT2D eigenvalue weighted by molar-refractivity contribution is 0.0746. The molecule has 3 heterocycles. The van der Waals surface area contributed by atoms with E-state index in [1.165, 1.54) is 6.26 Å². The third kappa shape index (κ3) is 3.98. The lowest BCUT2D eigenvalue weighted by atomic mass is 10.2. The van der Waals surface area contributed by atoms with E-state index < -0.39 is 0 Å². The molecular formula is C17H22N4O3. The van der Waals surface area contributed by atoms with Gasteiger partial charge in [0, 0.05) is 38.6 Å². The van der Waals surface area contributed by atoms with Gasteiger partial charge >= 0.3 is 0 Å². The number of hydrogen-bond acceptors (Lipinski definition) is 6. The van der Waals surface area contributed by atoms with E-state index in [4.69, 9.17) is 4.42 Å². The van der Waals surface area contributed by atoms with Crippen molar-refractivity contribution in [2.24, 2.45) is 0 Å². The summed E-state index contributed by atoms with van der Waals surface area (Å²) < 4.78 is 5.44. The third-order valence-electron chi connectivity index (χ3n) is 4.17. The number of aliphatic hydroxyl groups is 1. The Balaban J connectivity index is 1.63. The molecule has 1 fully saturated rings. The minimum absolute atomic E-state index is 0.147. The molecule has 7 heteroatoms. The van der Waals surface area contributed by atoms with Gasteiger partial charge < -0.3 is 14.4 Å². The summed E-state index contributed by atoms with van der Waals surface area (Å²) in [5, 5.41) is 9.56. The molecule has 128 valence electrons. The number of amides is 1. The lowest BCUT2D eigenvalue weighted by Crippen LogP contribution is -2.30.